The summed E-state index contributed by atoms with van der Waals surface area (Å²) in [4.78, 5) is 45.6. The van der Waals surface area contributed by atoms with Gasteiger partial charge in [-0.25, -0.2) is 9.59 Å². The molecule has 0 unspecified atom stereocenters. The number of amides is 2. The van der Waals surface area contributed by atoms with E-state index in [-0.39, 0.29) is 22.0 Å². The number of anilines is 2. The van der Waals surface area contributed by atoms with Gasteiger partial charge in [-0.05, 0) is 26.0 Å². The third-order valence-corrected chi connectivity index (χ3v) is 3.20. The van der Waals surface area contributed by atoms with E-state index in [0.29, 0.717) is 0 Å². The van der Waals surface area contributed by atoms with E-state index in [9.17, 15) is 19.2 Å². The number of hydrogen-bond acceptors (Lipinski definition) is 5. The zero-order chi connectivity index (χ0) is 18.6. The minimum Gasteiger partial charge on any atom is -0.474 e. The fourth-order valence-corrected chi connectivity index (χ4v) is 2.09. The number of nitriles is 1. The van der Waals surface area contributed by atoms with Gasteiger partial charge in [0.15, 0.2) is 0 Å². The van der Waals surface area contributed by atoms with E-state index in [0.717, 1.165) is 11.0 Å². The smallest absolute Gasteiger partial charge is 0.394 e. The lowest BCUT2D eigenvalue weighted by Gasteiger charge is -2.27. The van der Waals surface area contributed by atoms with Crippen LogP contribution in [0.3, 0.4) is 0 Å². The summed E-state index contributed by atoms with van der Waals surface area (Å²) in [5.74, 6) is -6.22. The number of rotatable bonds is 3. The molecule has 3 N–H and O–H groups in total. The molecule has 9 nitrogen and oxygen atoms in total. The van der Waals surface area contributed by atoms with Crippen LogP contribution in [-0.4, -0.2) is 40.0 Å². The summed E-state index contributed by atoms with van der Waals surface area (Å²) in [6.07, 6.45) is 0. The summed E-state index contributed by atoms with van der Waals surface area (Å²) in [5.41, 5.74) is -0.431. The van der Waals surface area contributed by atoms with Gasteiger partial charge in [0.25, 0.3) is 0 Å². The highest BCUT2D eigenvalue weighted by molar-refractivity contribution is 6.43. The number of carboxylic acid groups (broad SMARTS) is 2. The van der Waals surface area contributed by atoms with Crippen LogP contribution in [0.25, 0.3) is 0 Å². The van der Waals surface area contributed by atoms with E-state index in [1.54, 1.807) is 6.07 Å². The average Bonchev–Trinajstić information content (AvgIpc) is 2.49. The molecule has 0 aliphatic carbocycles. The second kappa shape index (κ2) is 7.43. The second-order valence-electron chi connectivity index (χ2n) is 4.80. The number of carbonyl (C=O) groups is 4. The van der Waals surface area contributed by atoms with Crippen LogP contribution in [0.2, 0.25) is 5.02 Å². The first-order chi connectivity index (χ1) is 11.1. The molecule has 0 saturated carbocycles. The largest absolute Gasteiger partial charge is 0.474 e. The molecule has 24 heavy (non-hydrogen) atoms. The molecule has 0 aromatic heterocycles. The maximum atomic E-state index is 11.9. The van der Waals surface area contributed by atoms with Gasteiger partial charge in [-0.2, -0.15) is 5.26 Å². The maximum absolute atomic E-state index is 11.9. The number of nitrogens with one attached hydrogen (secondary N) is 1. The molecule has 1 aromatic carbocycles. The second-order valence-corrected chi connectivity index (χ2v) is 5.18. The van der Waals surface area contributed by atoms with Crippen LogP contribution in [0.5, 0.6) is 0 Å². The number of hydrogen-bond donors (Lipinski definition) is 3. The van der Waals surface area contributed by atoms with Gasteiger partial charge in [0, 0.05) is 6.04 Å². The van der Waals surface area contributed by atoms with Crippen molar-refractivity contribution in [3.05, 3.63) is 22.7 Å². The first-order valence-electron chi connectivity index (χ1n) is 6.44. The Morgan fingerprint density at radius 1 is 1.21 bits per heavy atom. The molecular formula is C14H12ClN3O6. The predicted molar refractivity (Wildman–Crippen MR) is 82.7 cm³/mol. The first-order valence-corrected chi connectivity index (χ1v) is 6.82. The van der Waals surface area contributed by atoms with Crippen LogP contribution >= 0.6 is 11.6 Å². The molecule has 0 saturated heterocycles. The molecule has 1 rings (SSSR count). The molecule has 126 valence electrons. The van der Waals surface area contributed by atoms with Crippen molar-refractivity contribution in [1.29, 1.82) is 5.26 Å². The SMILES string of the molecule is CC(C)N(C(=O)C(=O)O)c1cc(C#N)cc(NC(=O)C(=O)O)c1Cl. The monoisotopic (exact) mass is 353 g/mol. The Labute approximate surface area is 141 Å². The molecule has 0 spiro atoms. The van der Waals surface area contributed by atoms with Gasteiger partial charge in [0.1, 0.15) is 0 Å². The normalized spacial score (nSPS) is 9.96. The van der Waals surface area contributed by atoms with Gasteiger partial charge in [-0.15, -0.1) is 0 Å². The van der Waals surface area contributed by atoms with Gasteiger partial charge in [0.05, 0.1) is 28.0 Å². The molecule has 0 bridgehead atoms. The highest BCUT2D eigenvalue weighted by atomic mass is 35.5. The van der Waals surface area contributed by atoms with E-state index in [1.807, 2.05) is 5.32 Å². The zero-order valence-electron chi connectivity index (χ0n) is 12.5. The molecule has 0 aliphatic rings. The van der Waals surface area contributed by atoms with E-state index in [2.05, 4.69) is 0 Å². The Morgan fingerprint density at radius 2 is 1.79 bits per heavy atom. The molecule has 0 heterocycles. The quantitative estimate of drug-likeness (QED) is 0.688. The topological polar surface area (TPSA) is 148 Å². The average molecular weight is 354 g/mol. The fraction of sp³-hybridized carbons (Fsp3) is 0.214. The van der Waals surface area contributed by atoms with Crippen LogP contribution < -0.4 is 10.2 Å². The van der Waals surface area contributed by atoms with Crippen molar-refractivity contribution >= 4 is 46.7 Å². The minimum atomic E-state index is -1.78. The van der Waals surface area contributed by atoms with E-state index in [4.69, 9.17) is 27.1 Å². The first kappa shape index (κ1) is 18.9. The standard InChI is InChI=1S/C14H12ClN3O6/c1-6(2)18(12(20)14(23)24)9-4-7(5-16)3-8(10(9)15)17-11(19)13(21)22/h3-4,6H,1-2H3,(H,17,19)(H,21,22)(H,23,24). The molecule has 1 aromatic rings. The van der Waals surface area contributed by atoms with Crippen LogP contribution in [0.4, 0.5) is 11.4 Å². The van der Waals surface area contributed by atoms with Gasteiger partial charge >= 0.3 is 23.8 Å². The third kappa shape index (κ3) is 3.99. The molecule has 0 atom stereocenters. The Morgan fingerprint density at radius 3 is 2.21 bits per heavy atom. The number of carboxylic acids is 2. The van der Waals surface area contributed by atoms with Gasteiger partial charge in [-0.1, -0.05) is 11.6 Å². The maximum Gasteiger partial charge on any atom is 0.394 e. The van der Waals surface area contributed by atoms with Crippen molar-refractivity contribution in [2.45, 2.75) is 19.9 Å². The summed E-state index contributed by atoms with van der Waals surface area (Å²) >= 11 is 6.07. The molecule has 10 heteroatoms. The van der Waals surface area contributed by atoms with E-state index in [1.165, 1.54) is 19.9 Å². The lowest BCUT2D eigenvalue weighted by Crippen LogP contribution is -2.41. The van der Waals surface area contributed by atoms with Gasteiger partial charge in [0.2, 0.25) is 0 Å². The van der Waals surface area contributed by atoms with Gasteiger partial charge in [-0.3, -0.25) is 14.5 Å². The van der Waals surface area contributed by atoms with Gasteiger partial charge < -0.3 is 15.5 Å². The van der Waals surface area contributed by atoms with E-state index >= 15 is 0 Å². The number of benzene rings is 1. The van der Waals surface area contributed by atoms with Crippen molar-refractivity contribution in [1.82, 2.24) is 0 Å². The fourth-order valence-electron chi connectivity index (χ4n) is 1.84. The molecule has 0 radical (unpaired) electrons. The van der Waals surface area contributed by atoms with Crippen molar-refractivity contribution in [3.63, 3.8) is 0 Å². The Balaban J connectivity index is 3.54. The van der Waals surface area contributed by atoms with Crippen molar-refractivity contribution < 1.29 is 29.4 Å². The summed E-state index contributed by atoms with van der Waals surface area (Å²) in [6, 6.07) is 3.39. The number of nitrogens with zero attached hydrogens (tertiary/aromatic N) is 2. The predicted octanol–water partition coefficient (Wildman–Crippen LogP) is 1.06. The molecular weight excluding hydrogens is 342 g/mol. The number of aliphatic carboxylic acids is 2. The Hall–Kier alpha value is -3.12. The van der Waals surface area contributed by atoms with Crippen LogP contribution in [0.15, 0.2) is 12.1 Å². The third-order valence-electron chi connectivity index (χ3n) is 2.80. The zero-order valence-corrected chi connectivity index (χ0v) is 13.3. The minimum absolute atomic E-state index is 0.0565. The molecule has 0 aliphatic heterocycles. The van der Waals surface area contributed by atoms with Crippen molar-refractivity contribution in [2.75, 3.05) is 10.2 Å². The summed E-state index contributed by atoms with van der Waals surface area (Å²) < 4.78 is 0. The van der Waals surface area contributed by atoms with Crippen molar-refractivity contribution in [2.24, 2.45) is 0 Å². The van der Waals surface area contributed by atoms with Crippen LogP contribution in [-0.2, 0) is 19.2 Å². The molecule has 2 amide bonds. The molecule has 0 fully saturated rings. The van der Waals surface area contributed by atoms with Crippen LogP contribution in [0.1, 0.15) is 19.4 Å². The number of halogens is 1. The summed E-state index contributed by atoms with van der Waals surface area (Å²) in [6.45, 7) is 3.04. The number of carbonyl (C=O) groups excluding carboxylic acids is 2. The Bertz CT molecular complexity index is 769. The van der Waals surface area contributed by atoms with Crippen LogP contribution in [0, 0.1) is 11.3 Å². The van der Waals surface area contributed by atoms with Crippen molar-refractivity contribution in [3.8, 4) is 6.07 Å². The van der Waals surface area contributed by atoms with E-state index < -0.39 is 29.8 Å². The lowest BCUT2D eigenvalue weighted by molar-refractivity contribution is -0.149. The highest BCUT2D eigenvalue weighted by Crippen LogP contribution is 2.35. The lowest BCUT2D eigenvalue weighted by atomic mass is 10.1. The summed E-state index contributed by atoms with van der Waals surface area (Å²) in [7, 11) is 0. The Kier molecular flexibility index (Phi) is 5.86. The highest BCUT2D eigenvalue weighted by Gasteiger charge is 2.29. The summed E-state index contributed by atoms with van der Waals surface area (Å²) in [5, 5.41) is 28.3.